The van der Waals surface area contributed by atoms with Crippen LogP contribution in [-0.4, -0.2) is 47.0 Å². The molecule has 0 spiro atoms. The second kappa shape index (κ2) is 7.52. The summed E-state index contributed by atoms with van der Waals surface area (Å²) in [5.41, 5.74) is 2.35. The van der Waals surface area contributed by atoms with E-state index >= 15 is 0 Å². The molecule has 4 rings (SSSR count). The summed E-state index contributed by atoms with van der Waals surface area (Å²) in [5.74, 6) is 0. The van der Waals surface area contributed by atoms with E-state index in [0.717, 1.165) is 28.2 Å². The van der Waals surface area contributed by atoms with E-state index < -0.39 is 0 Å². The van der Waals surface area contributed by atoms with Crippen molar-refractivity contribution in [1.29, 1.82) is 0 Å². The van der Waals surface area contributed by atoms with Gasteiger partial charge in [0.25, 0.3) is 0 Å². The minimum atomic E-state index is 0.774. The molecule has 2 aromatic rings. The molecule has 1 saturated carbocycles. The summed E-state index contributed by atoms with van der Waals surface area (Å²) in [6.45, 7) is 5.76. The van der Waals surface area contributed by atoms with Crippen molar-refractivity contribution in [2.75, 3.05) is 26.2 Å². The van der Waals surface area contributed by atoms with Gasteiger partial charge in [0.15, 0.2) is 0 Å². The van der Waals surface area contributed by atoms with Gasteiger partial charge in [0.2, 0.25) is 0 Å². The van der Waals surface area contributed by atoms with Gasteiger partial charge in [0.1, 0.15) is 5.01 Å². The van der Waals surface area contributed by atoms with E-state index in [2.05, 4.69) is 15.2 Å². The standard InChI is InChI=1S/C19H24ClN3S/c20-16-7-5-15(6-8-16)19-21-17(14-24-19)13-22-9-11-23(12-10-22)18-3-1-2-4-18/h5-8,14,18H,1-4,9-13H2. The molecule has 1 aromatic carbocycles. The highest BCUT2D eigenvalue weighted by Crippen LogP contribution is 2.27. The third-order valence-corrected chi connectivity index (χ3v) is 6.47. The Balaban J connectivity index is 1.32. The Hall–Kier alpha value is -0.940. The molecular weight excluding hydrogens is 338 g/mol. The lowest BCUT2D eigenvalue weighted by molar-refractivity contribution is 0.0931. The normalized spacial score (nSPS) is 20.7. The Labute approximate surface area is 153 Å². The predicted molar refractivity (Wildman–Crippen MR) is 102 cm³/mol. The maximum absolute atomic E-state index is 5.96. The first-order valence-corrected chi connectivity index (χ1v) is 10.2. The smallest absolute Gasteiger partial charge is 0.123 e. The molecule has 2 aliphatic rings. The molecule has 24 heavy (non-hydrogen) atoms. The van der Waals surface area contributed by atoms with Crippen LogP contribution in [0.5, 0.6) is 0 Å². The fraction of sp³-hybridized carbons (Fsp3) is 0.526. The Bertz CT molecular complexity index is 656. The van der Waals surface area contributed by atoms with E-state index in [0.29, 0.717) is 0 Å². The number of benzene rings is 1. The summed E-state index contributed by atoms with van der Waals surface area (Å²) in [4.78, 5) is 10.1. The quantitative estimate of drug-likeness (QED) is 0.797. The van der Waals surface area contributed by atoms with Gasteiger partial charge in [-0.05, 0) is 25.0 Å². The van der Waals surface area contributed by atoms with Crippen LogP contribution >= 0.6 is 22.9 Å². The SMILES string of the molecule is Clc1ccc(-c2nc(CN3CCN(C4CCCC4)CC3)cs2)cc1. The average Bonchev–Trinajstić information content (AvgIpc) is 3.28. The van der Waals surface area contributed by atoms with Crippen LogP contribution in [0.4, 0.5) is 0 Å². The van der Waals surface area contributed by atoms with Crippen LogP contribution in [0.25, 0.3) is 10.6 Å². The number of hydrogen-bond acceptors (Lipinski definition) is 4. The van der Waals surface area contributed by atoms with E-state index in [9.17, 15) is 0 Å². The van der Waals surface area contributed by atoms with Gasteiger partial charge in [0, 0.05) is 54.7 Å². The number of rotatable bonds is 4. The molecule has 1 aliphatic carbocycles. The molecule has 5 heteroatoms. The maximum Gasteiger partial charge on any atom is 0.123 e. The molecule has 128 valence electrons. The summed E-state index contributed by atoms with van der Waals surface area (Å²) in [6.07, 6.45) is 5.68. The van der Waals surface area contributed by atoms with E-state index in [-0.39, 0.29) is 0 Å². The Morgan fingerprint density at radius 1 is 1.04 bits per heavy atom. The molecule has 2 heterocycles. The van der Waals surface area contributed by atoms with Gasteiger partial charge in [-0.25, -0.2) is 4.98 Å². The molecule has 0 N–H and O–H groups in total. The number of halogens is 1. The van der Waals surface area contributed by atoms with Crippen LogP contribution in [0.1, 0.15) is 31.4 Å². The Kier molecular flexibility index (Phi) is 5.18. The summed E-state index contributed by atoms with van der Waals surface area (Å²) < 4.78 is 0. The van der Waals surface area contributed by atoms with E-state index in [4.69, 9.17) is 16.6 Å². The fourth-order valence-electron chi connectivity index (χ4n) is 3.89. The minimum absolute atomic E-state index is 0.774. The third-order valence-electron chi connectivity index (χ3n) is 5.28. The van der Waals surface area contributed by atoms with Gasteiger partial charge in [-0.1, -0.05) is 36.6 Å². The van der Waals surface area contributed by atoms with Crippen molar-refractivity contribution in [2.24, 2.45) is 0 Å². The van der Waals surface area contributed by atoms with E-state index in [1.807, 2.05) is 24.3 Å². The summed E-state index contributed by atoms with van der Waals surface area (Å²) in [7, 11) is 0. The van der Waals surface area contributed by atoms with Crippen molar-refractivity contribution < 1.29 is 0 Å². The lowest BCUT2D eigenvalue weighted by atomic mass is 10.2. The van der Waals surface area contributed by atoms with Crippen LogP contribution < -0.4 is 0 Å². The predicted octanol–water partition coefficient (Wildman–Crippen LogP) is 4.52. The molecule has 0 amide bonds. The zero-order valence-corrected chi connectivity index (χ0v) is 15.5. The van der Waals surface area contributed by atoms with Crippen LogP contribution in [0.15, 0.2) is 29.6 Å². The van der Waals surface area contributed by atoms with Crippen molar-refractivity contribution >= 4 is 22.9 Å². The minimum Gasteiger partial charge on any atom is -0.298 e. The number of piperazine rings is 1. The number of aromatic nitrogens is 1. The summed E-state index contributed by atoms with van der Waals surface area (Å²) in [6, 6.07) is 8.82. The molecule has 0 unspecified atom stereocenters. The molecule has 0 bridgehead atoms. The van der Waals surface area contributed by atoms with Crippen molar-refractivity contribution in [3.63, 3.8) is 0 Å². The lowest BCUT2D eigenvalue weighted by Gasteiger charge is -2.37. The molecule has 0 radical (unpaired) electrons. The molecule has 3 nitrogen and oxygen atoms in total. The van der Waals surface area contributed by atoms with Crippen LogP contribution in [0.2, 0.25) is 5.02 Å². The van der Waals surface area contributed by atoms with E-state index in [1.165, 1.54) is 57.6 Å². The lowest BCUT2D eigenvalue weighted by Crippen LogP contribution is -2.49. The first-order valence-electron chi connectivity index (χ1n) is 8.95. The van der Waals surface area contributed by atoms with Gasteiger partial charge in [-0.2, -0.15) is 0 Å². The third kappa shape index (κ3) is 3.83. The van der Waals surface area contributed by atoms with Crippen LogP contribution in [0, 0.1) is 0 Å². The monoisotopic (exact) mass is 361 g/mol. The Morgan fingerprint density at radius 3 is 2.46 bits per heavy atom. The number of hydrogen-bond donors (Lipinski definition) is 0. The maximum atomic E-state index is 5.96. The van der Waals surface area contributed by atoms with Crippen molar-refractivity contribution in [2.45, 2.75) is 38.3 Å². The number of thiazole rings is 1. The average molecular weight is 362 g/mol. The van der Waals surface area contributed by atoms with Crippen LogP contribution in [-0.2, 0) is 6.54 Å². The summed E-state index contributed by atoms with van der Waals surface area (Å²) >= 11 is 7.69. The molecule has 0 atom stereocenters. The molecule has 1 aliphatic heterocycles. The largest absolute Gasteiger partial charge is 0.298 e. The van der Waals surface area contributed by atoms with Gasteiger partial charge >= 0.3 is 0 Å². The van der Waals surface area contributed by atoms with Crippen LogP contribution in [0.3, 0.4) is 0 Å². The molecule has 1 aromatic heterocycles. The molecular formula is C19H24ClN3S. The topological polar surface area (TPSA) is 19.4 Å². The highest BCUT2D eigenvalue weighted by Gasteiger charge is 2.26. The van der Waals surface area contributed by atoms with Gasteiger partial charge in [-0.3, -0.25) is 9.80 Å². The molecule has 2 fully saturated rings. The second-order valence-electron chi connectivity index (χ2n) is 6.90. The Morgan fingerprint density at radius 2 is 1.75 bits per heavy atom. The fourth-order valence-corrected chi connectivity index (χ4v) is 4.83. The van der Waals surface area contributed by atoms with E-state index in [1.54, 1.807) is 11.3 Å². The summed E-state index contributed by atoms with van der Waals surface area (Å²) in [5, 5.41) is 4.06. The van der Waals surface area contributed by atoms with Gasteiger partial charge in [0.05, 0.1) is 5.69 Å². The highest BCUT2D eigenvalue weighted by molar-refractivity contribution is 7.13. The van der Waals surface area contributed by atoms with Crippen molar-refractivity contribution in [1.82, 2.24) is 14.8 Å². The second-order valence-corrected chi connectivity index (χ2v) is 8.20. The van der Waals surface area contributed by atoms with Crippen molar-refractivity contribution in [3.8, 4) is 10.6 Å². The van der Waals surface area contributed by atoms with Gasteiger partial charge in [-0.15, -0.1) is 11.3 Å². The highest BCUT2D eigenvalue weighted by atomic mass is 35.5. The van der Waals surface area contributed by atoms with Crippen molar-refractivity contribution in [3.05, 3.63) is 40.4 Å². The zero-order valence-electron chi connectivity index (χ0n) is 14.0. The number of nitrogens with zero attached hydrogens (tertiary/aromatic N) is 3. The van der Waals surface area contributed by atoms with Gasteiger partial charge < -0.3 is 0 Å². The zero-order chi connectivity index (χ0) is 16.4. The first-order chi connectivity index (χ1) is 11.8. The molecule has 1 saturated heterocycles. The first kappa shape index (κ1) is 16.5.